The number of hydrogen-bond acceptors (Lipinski definition) is 2. The first-order valence-electron chi connectivity index (χ1n) is 9.33. The molecule has 134 valence electrons. The Kier molecular flexibility index (Phi) is 5.43. The topological polar surface area (TPSA) is 32.3 Å². The molecule has 0 aliphatic heterocycles. The van der Waals surface area contributed by atoms with E-state index in [1.165, 1.54) is 19.3 Å². The zero-order chi connectivity index (χ0) is 16.0. The van der Waals surface area contributed by atoms with Crippen molar-refractivity contribution in [3.05, 3.63) is 0 Å². The molecular formula is C19H34ClN2O-. The number of carbonyl (C=O) groups is 1. The minimum Gasteiger partial charge on any atom is -1.00 e. The summed E-state index contributed by atoms with van der Waals surface area (Å²) in [6.07, 6.45) is 7.46. The van der Waals surface area contributed by atoms with E-state index >= 15 is 0 Å². The summed E-state index contributed by atoms with van der Waals surface area (Å²) < 4.78 is 0. The molecule has 4 aliphatic rings. The molecule has 0 radical (unpaired) electrons. The molecular weight excluding hydrogens is 308 g/mol. The van der Waals surface area contributed by atoms with Gasteiger partial charge < -0.3 is 22.6 Å². The van der Waals surface area contributed by atoms with Gasteiger partial charge in [0.25, 0.3) is 0 Å². The smallest absolute Gasteiger partial charge is 0.226 e. The van der Waals surface area contributed by atoms with E-state index in [0.717, 1.165) is 51.4 Å². The predicted molar refractivity (Wildman–Crippen MR) is 90.6 cm³/mol. The Balaban J connectivity index is 0.00000192. The van der Waals surface area contributed by atoms with Gasteiger partial charge in [0.15, 0.2) is 0 Å². The van der Waals surface area contributed by atoms with Crippen LogP contribution in [0.15, 0.2) is 0 Å². The van der Waals surface area contributed by atoms with Crippen LogP contribution in [0.4, 0.5) is 0 Å². The Labute approximate surface area is 148 Å². The molecule has 0 aromatic rings. The maximum absolute atomic E-state index is 13.0. The number of rotatable bonds is 6. The molecule has 0 heterocycles. The Morgan fingerprint density at radius 2 is 1.61 bits per heavy atom. The van der Waals surface area contributed by atoms with Gasteiger partial charge in [-0.25, -0.2) is 0 Å². The lowest BCUT2D eigenvalue weighted by Gasteiger charge is -2.64. The van der Waals surface area contributed by atoms with Crippen molar-refractivity contribution in [3.8, 4) is 0 Å². The highest BCUT2D eigenvalue weighted by Gasteiger charge is 2.62. The van der Waals surface area contributed by atoms with Gasteiger partial charge in [-0.2, -0.15) is 0 Å². The summed E-state index contributed by atoms with van der Waals surface area (Å²) >= 11 is 0. The molecule has 1 N–H and O–H groups in total. The van der Waals surface area contributed by atoms with Crippen LogP contribution in [0.2, 0.25) is 0 Å². The molecule has 0 aromatic heterocycles. The second-order valence-corrected chi connectivity index (χ2v) is 9.19. The fourth-order valence-electron chi connectivity index (χ4n) is 6.76. The number of nitrogens with one attached hydrogen (secondary N) is 1. The first-order valence-corrected chi connectivity index (χ1v) is 9.33. The number of halogens is 1. The number of carbonyl (C=O) groups excluding carboxylic acids is 1. The van der Waals surface area contributed by atoms with E-state index < -0.39 is 0 Å². The molecule has 3 nitrogen and oxygen atoms in total. The molecule has 0 aromatic carbocycles. The molecule has 4 fully saturated rings. The summed E-state index contributed by atoms with van der Waals surface area (Å²) in [5.41, 5.74) is 0.793. The van der Waals surface area contributed by atoms with Gasteiger partial charge >= 0.3 is 0 Å². The van der Waals surface area contributed by atoms with Crippen molar-refractivity contribution >= 4 is 5.91 Å². The van der Waals surface area contributed by atoms with Gasteiger partial charge in [-0.1, -0.05) is 27.7 Å². The molecule has 23 heavy (non-hydrogen) atoms. The minimum atomic E-state index is -0.0494. The summed E-state index contributed by atoms with van der Waals surface area (Å²) in [5.74, 6) is 1.15. The van der Waals surface area contributed by atoms with Crippen LogP contribution in [-0.2, 0) is 4.79 Å². The molecule has 4 heteroatoms. The Hall–Kier alpha value is -0.280. The molecule has 0 spiro atoms. The molecule has 4 saturated carbocycles. The Bertz CT molecular complexity index is 431. The lowest BCUT2D eigenvalue weighted by atomic mass is 9.40. The van der Waals surface area contributed by atoms with Crippen molar-refractivity contribution in [2.75, 3.05) is 26.2 Å². The predicted octanol–water partition coefficient (Wildman–Crippen LogP) is 0.445. The van der Waals surface area contributed by atoms with E-state index in [0.29, 0.717) is 16.7 Å². The first kappa shape index (κ1) is 19.1. The van der Waals surface area contributed by atoms with Gasteiger partial charge in [0, 0.05) is 13.1 Å². The summed E-state index contributed by atoms with van der Waals surface area (Å²) in [7, 11) is 0. The average molecular weight is 342 g/mol. The largest absolute Gasteiger partial charge is 1.00 e. The van der Waals surface area contributed by atoms with Crippen LogP contribution in [0.5, 0.6) is 0 Å². The second kappa shape index (κ2) is 6.55. The van der Waals surface area contributed by atoms with E-state index in [9.17, 15) is 4.79 Å². The van der Waals surface area contributed by atoms with E-state index in [1.807, 2.05) is 0 Å². The highest BCUT2D eigenvalue weighted by Crippen LogP contribution is 2.69. The SMILES string of the molecule is CCN(CC)CCNC(=O)C12CC3CC(C)(CC(C)(C3)C1)C2.[Cl-]. The van der Waals surface area contributed by atoms with Gasteiger partial charge in [0.1, 0.15) is 0 Å². The molecule has 0 saturated heterocycles. The monoisotopic (exact) mass is 341 g/mol. The quantitative estimate of drug-likeness (QED) is 0.760. The Morgan fingerprint density at radius 3 is 2.09 bits per heavy atom. The van der Waals surface area contributed by atoms with Gasteiger partial charge in [-0.3, -0.25) is 4.79 Å². The lowest BCUT2D eigenvalue weighted by Crippen LogP contribution is -3.00. The third-order valence-electron chi connectivity index (χ3n) is 6.72. The number of likely N-dealkylation sites (N-methyl/N-ethyl adjacent to an activating group) is 1. The van der Waals surface area contributed by atoms with Gasteiger partial charge in [0.05, 0.1) is 5.41 Å². The minimum absolute atomic E-state index is 0. The zero-order valence-corrected chi connectivity index (χ0v) is 16.1. The fraction of sp³-hybridized carbons (Fsp3) is 0.947. The van der Waals surface area contributed by atoms with Gasteiger partial charge in [-0.05, 0) is 68.4 Å². The number of hydrogen-bond donors (Lipinski definition) is 1. The summed E-state index contributed by atoms with van der Waals surface area (Å²) in [4.78, 5) is 15.4. The standard InChI is InChI=1S/C19H34N2O.ClH/c1-5-21(6-2)8-7-20-16(22)19-11-15-9-17(3,13-19)12-18(4,10-15)14-19;/h15H,5-14H2,1-4H3,(H,20,22);1H/p-1. The van der Waals surface area contributed by atoms with Crippen LogP contribution in [0, 0.1) is 22.2 Å². The lowest BCUT2D eigenvalue weighted by molar-refractivity contribution is -0.170. The molecule has 2 atom stereocenters. The number of nitrogens with zero attached hydrogens (tertiary/aromatic N) is 1. The molecule has 4 rings (SSSR count). The number of amides is 1. The van der Waals surface area contributed by atoms with Crippen molar-refractivity contribution in [2.45, 2.75) is 66.2 Å². The third-order valence-corrected chi connectivity index (χ3v) is 6.72. The van der Waals surface area contributed by atoms with E-state index in [1.54, 1.807) is 0 Å². The molecule has 2 unspecified atom stereocenters. The zero-order valence-electron chi connectivity index (χ0n) is 15.4. The van der Waals surface area contributed by atoms with Gasteiger partial charge in [0.2, 0.25) is 5.91 Å². The van der Waals surface area contributed by atoms with E-state index in [-0.39, 0.29) is 17.8 Å². The molecule has 4 bridgehead atoms. The molecule has 1 amide bonds. The first-order chi connectivity index (χ1) is 10.3. The van der Waals surface area contributed by atoms with Crippen molar-refractivity contribution in [2.24, 2.45) is 22.2 Å². The van der Waals surface area contributed by atoms with Crippen LogP contribution in [0.1, 0.15) is 66.2 Å². The summed E-state index contributed by atoms with van der Waals surface area (Å²) in [6, 6.07) is 0. The van der Waals surface area contributed by atoms with Crippen LogP contribution in [0.25, 0.3) is 0 Å². The third kappa shape index (κ3) is 3.56. The second-order valence-electron chi connectivity index (χ2n) is 9.19. The van der Waals surface area contributed by atoms with E-state index in [4.69, 9.17) is 0 Å². The van der Waals surface area contributed by atoms with Crippen LogP contribution in [-0.4, -0.2) is 37.0 Å². The fourth-order valence-corrected chi connectivity index (χ4v) is 6.76. The van der Waals surface area contributed by atoms with Crippen LogP contribution in [0.3, 0.4) is 0 Å². The summed E-state index contributed by atoms with van der Waals surface area (Å²) in [6.45, 7) is 13.2. The van der Waals surface area contributed by atoms with Crippen LogP contribution < -0.4 is 17.7 Å². The van der Waals surface area contributed by atoms with Crippen molar-refractivity contribution in [3.63, 3.8) is 0 Å². The highest BCUT2D eigenvalue weighted by molar-refractivity contribution is 5.83. The normalized spacial score (nSPS) is 41.0. The maximum Gasteiger partial charge on any atom is 0.226 e. The van der Waals surface area contributed by atoms with Crippen molar-refractivity contribution in [1.29, 1.82) is 0 Å². The van der Waals surface area contributed by atoms with Crippen molar-refractivity contribution in [1.82, 2.24) is 10.2 Å². The average Bonchev–Trinajstić information content (AvgIpc) is 2.39. The molecule has 4 aliphatic carbocycles. The van der Waals surface area contributed by atoms with Crippen LogP contribution >= 0.6 is 0 Å². The summed E-state index contributed by atoms with van der Waals surface area (Å²) in [5, 5.41) is 3.29. The Morgan fingerprint density at radius 1 is 1.04 bits per heavy atom. The van der Waals surface area contributed by atoms with Crippen molar-refractivity contribution < 1.29 is 17.2 Å². The van der Waals surface area contributed by atoms with Gasteiger partial charge in [-0.15, -0.1) is 0 Å². The van der Waals surface area contributed by atoms with E-state index in [2.05, 4.69) is 37.9 Å². The highest BCUT2D eigenvalue weighted by atomic mass is 35.5. The maximum atomic E-state index is 13.0.